The highest BCUT2D eigenvalue weighted by Gasteiger charge is 2.61. The Bertz CT molecular complexity index is 494. The second-order valence-corrected chi connectivity index (χ2v) is 9.35. The van der Waals surface area contributed by atoms with Crippen LogP contribution in [0.1, 0.15) is 80.1 Å². The van der Waals surface area contributed by atoms with Gasteiger partial charge in [-0.05, 0) is 90.6 Å². The Kier molecular flexibility index (Phi) is 4.18. The molecule has 0 aromatic carbocycles. The van der Waals surface area contributed by atoms with Crippen molar-refractivity contribution in [2.75, 3.05) is 0 Å². The third-order valence-electron chi connectivity index (χ3n) is 7.39. The van der Waals surface area contributed by atoms with Crippen LogP contribution in [0.2, 0.25) is 0 Å². The predicted molar refractivity (Wildman–Crippen MR) is 94.0 cm³/mol. The number of carbonyl (C=O) groups is 1. The first kappa shape index (κ1) is 17.0. The summed E-state index contributed by atoms with van der Waals surface area (Å²) in [5.74, 6) is 2.87. The number of esters is 1. The Morgan fingerprint density at radius 3 is 1.87 bits per heavy atom. The minimum Gasteiger partial charge on any atom is -0.454 e. The average Bonchev–Trinajstić information content (AvgIpc) is 2.49. The molecule has 0 radical (unpaired) electrons. The highest BCUT2D eigenvalue weighted by atomic mass is 16.6. The second kappa shape index (κ2) is 5.63. The summed E-state index contributed by atoms with van der Waals surface area (Å²) in [5, 5.41) is 0. The predicted octanol–water partition coefficient (Wildman–Crippen LogP) is 5.52. The van der Waals surface area contributed by atoms with Crippen molar-refractivity contribution in [1.82, 2.24) is 0 Å². The van der Waals surface area contributed by atoms with Crippen LogP contribution in [0.15, 0.2) is 11.1 Å². The zero-order chi connectivity index (χ0) is 17.0. The van der Waals surface area contributed by atoms with E-state index in [0.29, 0.717) is 11.8 Å². The van der Waals surface area contributed by atoms with Gasteiger partial charge in [0.05, 0.1) is 5.41 Å². The minimum absolute atomic E-state index is 0.00748. The maximum atomic E-state index is 13.0. The molecule has 4 fully saturated rings. The van der Waals surface area contributed by atoms with Crippen LogP contribution >= 0.6 is 0 Å². The molecule has 0 heterocycles. The highest BCUT2D eigenvalue weighted by molar-refractivity contribution is 5.76. The van der Waals surface area contributed by atoms with Crippen molar-refractivity contribution in [3.05, 3.63) is 11.1 Å². The third kappa shape index (κ3) is 2.57. The van der Waals surface area contributed by atoms with Crippen molar-refractivity contribution in [2.45, 2.75) is 85.7 Å². The van der Waals surface area contributed by atoms with Crippen molar-refractivity contribution in [2.24, 2.45) is 29.1 Å². The number of allylic oxidation sites excluding steroid dienone is 1. The summed E-state index contributed by atoms with van der Waals surface area (Å²) in [6.45, 7) is 12.7. The molecule has 0 spiro atoms. The summed E-state index contributed by atoms with van der Waals surface area (Å²) in [4.78, 5) is 13.0. The van der Waals surface area contributed by atoms with Gasteiger partial charge in [0.15, 0.2) is 0 Å². The van der Waals surface area contributed by atoms with Crippen molar-refractivity contribution in [3.63, 3.8) is 0 Å². The van der Waals surface area contributed by atoms with Crippen molar-refractivity contribution >= 4 is 5.97 Å². The van der Waals surface area contributed by atoms with E-state index in [1.54, 1.807) is 0 Å². The Morgan fingerprint density at radius 2 is 1.48 bits per heavy atom. The smallest absolute Gasteiger partial charge is 0.312 e. The number of carbonyl (C=O) groups excluding carboxylic acids is 1. The zero-order valence-corrected chi connectivity index (χ0v) is 15.9. The van der Waals surface area contributed by atoms with E-state index >= 15 is 0 Å². The van der Waals surface area contributed by atoms with Crippen LogP contribution in [-0.2, 0) is 9.53 Å². The molecule has 4 saturated carbocycles. The molecule has 0 saturated heterocycles. The van der Waals surface area contributed by atoms with Gasteiger partial charge in [-0.1, -0.05) is 12.5 Å². The highest BCUT2D eigenvalue weighted by Crippen LogP contribution is 2.62. The maximum absolute atomic E-state index is 13.0. The molecule has 23 heavy (non-hydrogen) atoms. The molecule has 0 N–H and O–H groups in total. The van der Waals surface area contributed by atoms with E-state index in [1.807, 2.05) is 13.8 Å². The molecule has 0 atom stereocenters. The van der Waals surface area contributed by atoms with E-state index < -0.39 is 0 Å². The lowest BCUT2D eigenvalue weighted by atomic mass is 9.48. The Morgan fingerprint density at radius 1 is 1.00 bits per heavy atom. The molecule has 2 nitrogen and oxygen atoms in total. The molecule has 0 aromatic rings. The van der Waals surface area contributed by atoms with Gasteiger partial charge in [-0.2, -0.15) is 0 Å². The quantitative estimate of drug-likeness (QED) is 0.504. The maximum Gasteiger partial charge on any atom is 0.312 e. The molecule has 4 aliphatic carbocycles. The lowest BCUT2D eigenvalue weighted by molar-refractivity contribution is -0.205. The number of hydrogen-bond donors (Lipinski definition) is 0. The van der Waals surface area contributed by atoms with Crippen LogP contribution in [0.5, 0.6) is 0 Å². The lowest BCUT2D eigenvalue weighted by Gasteiger charge is -2.61. The van der Waals surface area contributed by atoms with Gasteiger partial charge in [-0.15, -0.1) is 0 Å². The van der Waals surface area contributed by atoms with E-state index in [9.17, 15) is 4.79 Å². The monoisotopic (exact) mass is 318 g/mol. The Balaban J connectivity index is 2.00. The molecule has 2 heteroatoms. The fraction of sp³-hybridized carbons (Fsp3) is 0.857. The number of ether oxygens (including phenoxy) is 1. The summed E-state index contributed by atoms with van der Waals surface area (Å²) in [7, 11) is 0. The molecule has 130 valence electrons. The summed E-state index contributed by atoms with van der Waals surface area (Å²) >= 11 is 0. The number of rotatable bonds is 4. The minimum atomic E-state index is -0.385. The molecule has 0 aliphatic heterocycles. The summed E-state index contributed by atoms with van der Waals surface area (Å²) in [5.41, 5.74) is 1.98. The largest absolute Gasteiger partial charge is 0.454 e. The van der Waals surface area contributed by atoms with Gasteiger partial charge in [-0.25, -0.2) is 0 Å². The molecule has 0 aromatic heterocycles. The van der Waals surface area contributed by atoms with Crippen molar-refractivity contribution in [1.29, 1.82) is 0 Å². The van der Waals surface area contributed by atoms with Crippen LogP contribution in [0.25, 0.3) is 0 Å². The summed E-state index contributed by atoms with van der Waals surface area (Å²) in [6.07, 6.45) is 7.30. The van der Waals surface area contributed by atoms with Crippen molar-refractivity contribution < 1.29 is 9.53 Å². The standard InChI is InChI=1S/C21H34O2/c1-7-20(5,6)19(22)23-21(14(4)13(2)3)17-9-15-8-16(11-17)12-18(21)10-15/h15-18H,7-12H2,1-6H3. The first-order chi connectivity index (χ1) is 10.7. The lowest BCUT2D eigenvalue weighted by Crippen LogP contribution is -2.61. The van der Waals surface area contributed by atoms with E-state index in [2.05, 4.69) is 27.7 Å². The van der Waals surface area contributed by atoms with E-state index in [1.165, 1.54) is 43.3 Å². The van der Waals surface area contributed by atoms with Gasteiger partial charge >= 0.3 is 5.97 Å². The van der Waals surface area contributed by atoms with Crippen LogP contribution < -0.4 is 0 Å². The Labute approximate surface area is 142 Å². The molecule has 4 aliphatic rings. The van der Waals surface area contributed by atoms with Crippen LogP contribution in [0, 0.1) is 29.1 Å². The van der Waals surface area contributed by atoms with Gasteiger partial charge < -0.3 is 4.74 Å². The van der Waals surface area contributed by atoms with Crippen molar-refractivity contribution in [3.8, 4) is 0 Å². The average molecular weight is 319 g/mol. The Hall–Kier alpha value is -0.790. The SMILES string of the molecule is CCC(C)(C)C(=O)OC1(C(C)=C(C)C)C2CC3CC(C2)CC1C3. The van der Waals surface area contributed by atoms with E-state index in [0.717, 1.165) is 18.3 Å². The number of hydrogen-bond acceptors (Lipinski definition) is 2. The molecule has 4 rings (SSSR count). The first-order valence-electron chi connectivity index (χ1n) is 9.58. The van der Waals surface area contributed by atoms with Gasteiger partial charge in [0.1, 0.15) is 5.60 Å². The van der Waals surface area contributed by atoms with Crippen LogP contribution in [0.3, 0.4) is 0 Å². The normalized spacial score (nSPS) is 38.5. The first-order valence-corrected chi connectivity index (χ1v) is 9.58. The van der Waals surface area contributed by atoms with Gasteiger partial charge in [0.2, 0.25) is 0 Å². The zero-order valence-electron chi connectivity index (χ0n) is 15.9. The van der Waals surface area contributed by atoms with Gasteiger partial charge in [0.25, 0.3) is 0 Å². The van der Waals surface area contributed by atoms with E-state index in [-0.39, 0.29) is 17.0 Å². The van der Waals surface area contributed by atoms with Crippen LogP contribution in [-0.4, -0.2) is 11.6 Å². The van der Waals surface area contributed by atoms with Gasteiger partial charge in [0, 0.05) is 11.8 Å². The second-order valence-electron chi connectivity index (χ2n) is 9.35. The molecule has 0 unspecified atom stereocenters. The third-order valence-corrected chi connectivity index (χ3v) is 7.39. The molecule has 4 bridgehead atoms. The fourth-order valence-electron chi connectivity index (χ4n) is 5.57. The fourth-order valence-corrected chi connectivity index (χ4v) is 5.57. The molecular formula is C21H34O2. The topological polar surface area (TPSA) is 26.3 Å². The molecular weight excluding hydrogens is 284 g/mol. The van der Waals surface area contributed by atoms with Gasteiger partial charge in [-0.3, -0.25) is 4.79 Å². The van der Waals surface area contributed by atoms with E-state index in [4.69, 9.17) is 4.74 Å². The summed E-state index contributed by atoms with van der Waals surface area (Å²) in [6, 6.07) is 0. The van der Waals surface area contributed by atoms with Crippen LogP contribution in [0.4, 0.5) is 0 Å². The summed E-state index contributed by atoms with van der Waals surface area (Å²) < 4.78 is 6.50. The molecule has 0 amide bonds.